The highest BCUT2D eigenvalue weighted by molar-refractivity contribution is 5.79. The van der Waals surface area contributed by atoms with Gasteiger partial charge in [0.1, 0.15) is 0 Å². The van der Waals surface area contributed by atoms with Crippen LogP contribution in [0.25, 0.3) is 0 Å². The van der Waals surface area contributed by atoms with E-state index in [1.807, 2.05) is 0 Å². The van der Waals surface area contributed by atoms with Crippen LogP contribution in [0.4, 0.5) is 0 Å². The maximum Gasteiger partial charge on any atom is 0.193 e. The molecule has 0 aliphatic carbocycles. The van der Waals surface area contributed by atoms with Crippen LogP contribution in [0, 0.1) is 5.92 Å². The van der Waals surface area contributed by atoms with Crippen molar-refractivity contribution in [3.8, 4) is 0 Å². The van der Waals surface area contributed by atoms with Gasteiger partial charge in [0.05, 0.1) is 25.8 Å². The van der Waals surface area contributed by atoms with Crippen LogP contribution in [0.3, 0.4) is 0 Å². The number of aliphatic imine (C=N–C) groups is 1. The van der Waals surface area contributed by atoms with Crippen LogP contribution in [-0.2, 0) is 9.47 Å². The third-order valence-electron chi connectivity index (χ3n) is 5.99. The molecule has 2 aliphatic heterocycles. The summed E-state index contributed by atoms with van der Waals surface area (Å²) in [6, 6.07) is 11.1. The number of nitrogens with one attached hydrogen (secondary N) is 1. The molecule has 0 spiro atoms. The summed E-state index contributed by atoms with van der Waals surface area (Å²) in [6.45, 7) is 10.2. The number of nitrogens with zero attached hydrogens (tertiary/aromatic N) is 3. The van der Waals surface area contributed by atoms with Crippen LogP contribution < -0.4 is 5.32 Å². The minimum Gasteiger partial charge on any atom is -0.381 e. The number of guanidine groups is 1. The van der Waals surface area contributed by atoms with E-state index in [1.165, 1.54) is 24.8 Å². The van der Waals surface area contributed by atoms with Gasteiger partial charge in [-0.25, -0.2) is 0 Å². The Balaban J connectivity index is 1.64. The lowest BCUT2D eigenvalue weighted by atomic mass is 9.96. The molecule has 6 nitrogen and oxygen atoms in total. The highest BCUT2D eigenvalue weighted by Gasteiger charge is 2.23. The van der Waals surface area contributed by atoms with E-state index in [2.05, 4.69) is 59.4 Å². The van der Waals surface area contributed by atoms with Gasteiger partial charge in [0.2, 0.25) is 0 Å². The van der Waals surface area contributed by atoms with Gasteiger partial charge >= 0.3 is 0 Å². The first-order valence-corrected chi connectivity index (χ1v) is 11.2. The van der Waals surface area contributed by atoms with Gasteiger partial charge in [-0.15, -0.1) is 0 Å². The summed E-state index contributed by atoms with van der Waals surface area (Å²) < 4.78 is 11.1. The predicted molar refractivity (Wildman–Crippen MR) is 118 cm³/mol. The smallest absolute Gasteiger partial charge is 0.193 e. The summed E-state index contributed by atoms with van der Waals surface area (Å²) in [4.78, 5) is 9.85. The number of ether oxygens (including phenoxy) is 2. The van der Waals surface area contributed by atoms with Gasteiger partial charge in [-0.1, -0.05) is 30.3 Å². The number of rotatable bonds is 8. The summed E-state index contributed by atoms with van der Waals surface area (Å²) >= 11 is 0. The van der Waals surface area contributed by atoms with Crippen molar-refractivity contribution in [3.63, 3.8) is 0 Å². The molecule has 2 saturated heterocycles. The Kier molecular flexibility index (Phi) is 9.25. The van der Waals surface area contributed by atoms with Crippen LogP contribution in [0.5, 0.6) is 0 Å². The van der Waals surface area contributed by atoms with Crippen LogP contribution >= 0.6 is 0 Å². The zero-order valence-electron chi connectivity index (χ0n) is 18.2. The molecule has 2 heterocycles. The molecule has 2 fully saturated rings. The summed E-state index contributed by atoms with van der Waals surface area (Å²) in [6.07, 6.45) is 3.58. The molecule has 29 heavy (non-hydrogen) atoms. The third kappa shape index (κ3) is 6.98. The van der Waals surface area contributed by atoms with Gasteiger partial charge in [0.25, 0.3) is 0 Å². The Morgan fingerprint density at radius 2 is 1.83 bits per heavy atom. The van der Waals surface area contributed by atoms with Crippen molar-refractivity contribution in [2.45, 2.75) is 32.2 Å². The van der Waals surface area contributed by atoms with E-state index in [0.717, 1.165) is 71.0 Å². The molecule has 1 unspecified atom stereocenters. The zero-order valence-corrected chi connectivity index (χ0v) is 18.2. The molecule has 162 valence electrons. The molecule has 0 radical (unpaired) electrons. The van der Waals surface area contributed by atoms with Gasteiger partial charge < -0.3 is 19.7 Å². The molecule has 1 atom stereocenters. The first-order valence-electron chi connectivity index (χ1n) is 11.2. The average Bonchev–Trinajstić information content (AvgIpc) is 2.79. The van der Waals surface area contributed by atoms with Crippen LogP contribution in [0.2, 0.25) is 0 Å². The molecule has 0 bridgehead atoms. The topological polar surface area (TPSA) is 49.3 Å². The second-order valence-electron chi connectivity index (χ2n) is 8.04. The summed E-state index contributed by atoms with van der Waals surface area (Å²) in [7, 11) is 2.16. The largest absolute Gasteiger partial charge is 0.381 e. The van der Waals surface area contributed by atoms with Gasteiger partial charge in [0.15, 0.2) is 5.96 Å². The molecule has 2 aliphatic rings. The molecular formula is C23H38N4O2. The Morgan fingerprint density at radius 1 is 1.14 bits per heavy atom. The van der Waals surface area contributed by atoms with E-state index in [9.17, 15) is 0 Å². The van der Waals surface area contributed by atoms with Crippen molar-refractivity contribution in [1.82, 2.24) is 15.1 Å². The van der Waals surface area contributed by atoms with E-state index in [0.29, 0.717) is 0 Å². The van der Waals surface area contributed by atoms with Crippen molar-refractivity contribution in [2.24, 2.45) is 10.9 Å². The molecule has 0 saturated carbocycles. The van der Waals surface area contributed by atoms with E-state index in [1.54, 1.807) is 0 Å². The normalized spacial score (nSPS) is 20.4. The number of hydrogen-bond donors (Lipinski definition) is 1. The van der Waals surface area contributed by atoms with E-state index >= 15 is 0 Å². The van der Waals surface area contributed by atoms with Gasteiger partial charge in [-0.3, -0.25) is 9.89 Å². The highest BCUT2D eigenvalue weighted by atomic mass is 16.5. The Hall–Kier alpha value is -1.63. The standard InChI is InChI=1S/C23H38N4O2/c1-3-24-23(26(2)12-9-20-10-15-28-16-11-20)25-19-22(21-7-5-4-6-8-21)27-13-17-29-18-14-27/h4-8,20,22H,3,9-19H2,1-2H3,(H,24,25). The quantitative estimate of drug-likeness (QED) is 0.535. The second kappa shape index (κ2) is 12.2. The van der Waals surface area contributed by atoms with Crippen LogP contribution in [0.1, 0.15) is 37.8 Å². The lowest BCUT2D eigenvalue weighted by Gasteiger charge is -2.34. The third-order valence-corrected chi connectivity index (χ3v) is 5.99. The monoisotopic (exact) mass is 402 g/mol. The fourth-order valence-corrected chi connectivity index (χ4v) is 4.16. The molecule has 3 rings (SSSR count). The van der Waals surface area contributed by atoms with Crippen molar-refractivity contribution in [1.29, 1.82) is 0 Å². The first kappa shape index (κ1) is 22.1. The maximum atomic E-state index is 5.57. The number of benzene rings is 1. The number of hydrogen-bond acceptors (Lipinski definition) is 4. The molecular weight excluding hydrogens is 364 g/mol. The summed E-state index contributed by atoms with van der Waals surface area (Å²) in [5.74, 6) is 1.79. The Morgan fingerprint density at radius 3 is 2.52 bits per heavy atom. The molecule has 6 heteroatoms. The van der Waals surface area contributed by atoms with Gasteiger partial charge in [-0.2, -0.15) is 0 Å². The molecule has 1 aromatic carbocycles. The van der Waals surface area contributed by atoms with Crippen molar-refractivity contribution < 1.29 is 9.47 Å². The summed E-state index contributed by atoms with van der Waals surface area (Å²) in [5.41, 5.74) is 1.33. The fourth-order valence-electron chi connectivity index (χ4n) is 4.16. The van der Waals surface area contributed by atoms with Gasteiger partial charge in [0, 0.05) is 46.4 Å². The lowest BCUT2D eigenvalue weighted by molar-refractivity contribution is 0.0179. The Labute approximate surface area is 176 Å². The number of morpholine rings is 1. The summed E-state index contributed by atoms with van der Waals surface area (Å²) in [5, 5.41) is 3.49. The van der Waals surface area contributed by atoms with Crippen LogP contribution in [-0.4, -0.2) is 82.0 Å². The van der Waals surface area contributed by atoms with Crippen molar-refractivity contribution in [2.75, 3.05) is 66.2 Å². The minimum atomic E-state index is 0.289. The maximum absolute atomic E-state index is 5.57. The van der Waals surface area contributed by atoms with Crippen LogP contribution in [0.15, 0.2) is 35.3 Å². The highest BCUT2D eigenvalue weighted by Crippen LogP contribution is 2.22. The van der Waals surface area contributed by atoms with Crippen molar-refractivity contribution in [3.05, 3.63) is 35.9 Å². The van der Waals surface area contributed by atoms with E-state index in [4.69, 9.17) is 14.5 Å². The first-order chi connectivity index (χ1) is 14.3. The Bertz CT molecular complexity index is 598. The zero-order chi connectivity index (χ0) is 20.3. The minimum absolute atomic E-state index is 0.289. The second-order valence-corrected chi connectivity index (χ2v) is 8.04. The average molecular weight is 403 g/mol. The van der Waals surface area contributed by atoms with E-state index in [-0.39, 0.29) is 6.04 Å². The molecule has 1 aromatic rings. The molecule has 0 aromatic heterocycles. The predicted octanol–water partition coefficient (Wildman–Crippen LogP) is 2.77. The van der Waals surface area contributed by atoms with Crippen molar-refractivity contribution >= 4 is 5.96 Å². The molecule has 1 N–H and O–H groups in total. The fraction of sp³-hybridized carbons (Fsp3) is 0.696. The van der Waals surface area contributed by atoms with Gasteiger partial charge in [-0.05, 0) is 37.7 Å². The van der Waals surface area contributed by atoms with E-state index < -0.39 is 0 Å². The SMILES string of the molecule is CCNC(=NCC(c1ccccc1)N1CCOCC1)N(C)CCC1CCOCC1. The molecule has 0 amide bonds. The lowest BCUT2D eigenvalue weighted by Crippen LogP contribution is -2.42.